The second-order valence-electron chi connectivity index (χ2n) is 4.43. The number of methoxy groups -OCH3 is 3. The monoisotopic (exact) mass is 261 g/mol. The van der Waals surface area contributed by atoms with E-state index in [1.807, 2.05) is 0 Å². The second-order valence-corrected chi connectivity index (χ2v) is 4.43. The smallest absolute Gasteiger partial charge is 0.190 e. The van der Waals surface area contributed by atoms with Crippen LogP contribution in [-0.4, -0.2) is 27.1 Å². The van der Waals surface area contributed by atoms with Gasteiger partial charge in [0.25, 0.3) is 0 Å². The third kappa shape index (κ3) is 2.10. The zero-order valence-corrected chi connectivity index (χ0v) is 11.1. The molecular formula is C14H15NO4. The molecule has 0 bridgehead atoms. The molecule has 0 aliphatic heterocycles. The second kappa shape index (κ2) is 4.81. The number of hydrogen-bond donors (Lipinski definition) is 0. The highest BCUT2D eigenvalue weighted by Gasteiger charge is 2.52. The Morgan fingerprint density at radius 3 is 2.00 bits per heavy atom. The van der Waals surface area contributed by atoms with Crippen molar-refractivity contribution in [3.8, 4) is 23.3 Å². The molecule has 1 aromatic rings. The maximum absolute atomic E-state index is 12.5. The minimum atomic E-state index is -0.908. The molecule has 0 heterocycles. The molecule has 1 fully saturated rings. The van der Waals surface area contributed by atoms with E-state index in [2.05, 4.69) is 6.07 Å². The molecule has 0 unspecified atom stereocenters. The summed E-state index contributed by atoms with van der Waals surface area (Å²) in [7, 11) is 4.46. The summed E-state index contributed by atoms with van der Waals surface area (Å²) in [5, 5.41) is 9.14. The van der Waals surface area contributed by atoms with Crippen LogP contribution in [0.15, 0.2) is 12.1 Å². The van der Waals surface area contributed by atoms with E-state index in [4.69, 9.17) is 19.5 Å². The number of benzene rings is 1. The van der Waals surface area contributed by atoms with E-state index in [1.54, 1.807) is 12.1 Å². The first kappa shape index (κ1) is 13.2. The molecule has 1 aliphatic rings. The molecule has 0 atom stereocenters. The van der Waals surface area contributed by atoms with E-state index in [9.17, 15) is 4.79 Å². The number of nitrogens with zero attached hydrogens (tertiary/aromatic N) is 1. The minimum absolute atomic E-state index is 0.244. The summed E-state index contributed by atoms with van der Waals surface area (Å²) in [6.07, 6.45) is 1.17. The van der Waals surface area contributed by atoms with Gasteiger partial charge in [0, 0.05) is 12.1 Å². The zero-order chi connectivity index (χ0) is 14.0. The van der Waals surface area contributed by atoms with Crippen molar-refractivity contribution in [1.82, 2.24) is 0 Å². The highest BCUT2D eigenvalue weighted by molar-refractivity contribution is 6.08. The van der Waals surface area contributed by atoms with Gasteiger partial charge in [-0.15, -0.1) is 0 Å². The Hall–Kier alpha value is -2.22. The summed E-state index contributed by atoms with van der Waals surface area (Å²) in [5.74, 6) is 1.02. The van der Waals surface area contributed by atoms with Crippen LogP contribution in [0.2, 0.25) is 0 Å². The predicted octanol–water partition coefficient (Wildman–Crippen LogP) is 2.20. The van der Waals surface area contributed by atoms with Crippen LogP contribution in [0.4, 0.5) is 0 Å². The lowest BCUT2D eigenvalue weighted by Crippen LogP contribution is -2.16. The summed E-state index contributed by atoms with van der Waals surface area (Å²) < 4.78 is 15.6. The van der Waals surface area contributed by atoms with Crippen LogP contribution in [0.1, 0.15) is 23.2 Å². The summed E-state index contributed by atoms with van der Waals surface area (Å²) in [4.78, 5) is 12.5. The first-order chi connectivity index (χ1) is 9.11. The molecular weight excluding hydrogens is 246 g/mol. The Kier molecular flexibility index (Phi) is 3.34. The van der Waals surface area contributed by atoms with Crippen molar-refractivity contribution in [1.29, 1.82) is 5.26 Å². The van der Waals surface area contributed by atoms with Gasteiger partial charge in [0.1, 0.15) is 28.2 Å². The maximum atomic E-state index is 12.5. The van der Waals surface area contributed by atoms with Crippen LogP contribution < -0.4 is 14.2 Å². The number of ketones is 1. The summed E-state index contributed by atoms with van der Waals surface area (Å²) in [5.41, 5.74) is -0.598. The molecule has 100 valence electrons. The van der Waals surface area contributed by atoms with Crippen LogP contribution in [0, 0.1) is 16.7 Å². The van der Waals surface area contributed by atoms with E-state index >= 15 is 0 Å². The molecule has 0 saturated heterocycles. The fraction of sp³-hybridized carbons (Fsp3) is 0.429. The van der Waals surface area contributed by atoms with Crippen LogP contribution in [-0.2, 0) is 0 Å². The van der Waals surface area contributed by atoms with Gasteiger partial charge >= 0.3 is 0 Å². The van der Waals surface area contributed by atoms with Crippen molar-refractivity contribution in [3.05, 3.63) is 17.7 Å². The van der Waals surface area contributed by atoms with Crippen LogP contribution in [0.25, 0.3) is 0 Å². The van der Waals surface area contributed by atoms with Gasteiger partial charge in [0.15, 0.2) is 5.78 Å². The number of Topliss-reactive ketones (excluding diaryl/α,β-unsaturated/α-hetero) is 1. The van der Waals surface area contributed by atoms with Crippen LogP contribution in [0.5, 0.6) is 17.2 Å². The van der Waals surface area contributed by atoms with Gasteiger partial charge in [-0.3, -0.25) is 4.79 Å². The normalized spacial score (nSPS) is 15.3. The topological polar surface area (TPSA) is 68.5 Å². The molecule has 0 amide bonds. The first-order valence-corrected chi connectivity index (χ1v) is 5.88. The van der Waals surface area contributed by atoms with Crippen molar-refractivity contribution < 1.29 is 19.0 Å². The Labute approximate surface area is 111 Å². The molecule has 5 heteroatoms. The van der Waals surface area contributed by atoms with E-state index in [0.717, 1.165) is 0 Å². The average molecular weight is 261 g/mol. The van der Waals surface area contributed by atoms with Gasteiger partial charge in [-0.05, 0) is 12.8 Å². The molecule has 0 radical (unpaired) electrons. The summed E-state index contributed by atoms with van der Waals surface area (Å²) in [6.45, 7) is 0. The lowest BCUT2D eigenvalue weighted by atomic mass is 9.94. The van der Waals surface area contributed by atoms with Gasteiger partial charge in [0.2, 0.25) is 0 Å². The van der Waals surface area contributed by atoms with Gasteiger partial charge in [-0.2, -0.15) is 5.26 Å². The van der Waals surface area contributed by atoms with Gasteiger partial charge in [0.05, 0.1) is 27.4 Å². The summed E-state index contributed by atoms with van der Waals surface area (Å²) in [6, 6.07) is 5.32. The molecule has 1 aliphatic carbocycles. The molecule has 0 spiro atoms. The Morgan fingerprint density at radius 1 is 1.16 bits per heavy atom. The van der Waals surface area contributed by atoms with Gasteiger partial charge in [-0.25, -0.2) is 0 Å². The molecule has 0 aromatic heterocycles. The first-order valence-electron chi connectivity index (χ1n) is 5.88. The Balaban J connectivity index is 2.55. The lowest BCUT2D eigenvalue weighted by Gasteiger charge is -2.15. The van der Waals surface area contributed by atoms with E-state index in [0.29, 0.717) is 35.7 Å². The van der Waals surface area contributed by atoms with Crippen molar-refractivity contribution in [2.24, 2.45) is 5.41 Å². The maximum Gasteiger partial charge on any atom is 0.190 e. The number of carbonyl (C=O) groups is 1. The molecule has 5 nitrogen and oxygen atoms in total. The third-order valence-corrected chi connectivity index (χ3v) is 3.34. The third-order valence-electron chi connectivity index (χ3n) is 3.34. The number of ether oxygens (including phenoxy) is 3. The highest BCUT2D eigenvalue weighted by Crippen LogP contribution is 2.50. The molecule has 0 N–H and O–H groups in total. The van der Waals surface area contributed by atoms with E-state index < -0.39 is 5.41 Å². The quantitative estimate of drug-likeness (QED) is 0.760. The Morgan fingerprint density at radius 2 is 1.68 bits per heavy atom. The van der Waals surface area contributed by atoms with Crippen molar-refractivity contribution in [2.75, 3.05) is 21.3 Å². The molecule has 1 saturated carbocycles. The van der Waals surface area contributed by atoms with Crippen molar-refractivity contribution >= 4 is 5.78 Å². The van der Waals surface area contributed by atoms with Crippen molar-refractivity contribution in [3.63, 3.8) is 0 Å². The van der Waals surface area contributed by atoms with E-state index in [-0.39, 0.29) is 5.78 Å². The minimum Gasteiger partial charge on any atom is -0.496 e. The Bertz CT molecular complexity index is 530. The largest absolute Gasteiger partial charge is 0.496 e. The standard InChI is InChI=1S/C14H15NO4/c1-17-9-6-10(18-2)12(11(7-9)19-3)13(16)14(8-15)4-5-14/h6-7H,4-5H2,1-3H3. The number of carbonyl (C=O) groups excluding carboxylic acids is 1. The predicted molar refractivity (Wildman–Crippen MR) is 67.7 cm³/mol. The SMILES string of the molecule is COc1cc(OC)c(C(=O)C2(C#N)CC2)c(OC)c1. The number of nitriles is 1. The van der Waals surface area contributed by atoms with Crippen LogP contribution in [0.3, 0.4) is 0 Å². The van der Waals surface area contributed by atoms with Gasteiger partial charge < -0.3 is 14.2 Å². The molecule has 1 aromatic carbocycles. The fourth-order valence-electron chi connectivity index (χ4n) is 1.98. The lowest BCUT2D eigenvalue weighted by molar-refractivity contribution is 0.0928. The highest BCUT2D eigenvalue weighted by atomic mass is 16.5. The average Bonchev–Trinajstić information content (AvgIpc) is 3.25. The number of hydrogen-bond acceptors (Lipinski definition) is 5. The van der Waals surface area contributed by atoms with Gasteiger partial charge in [-0.1, -0.05) is 0 Å². The molecule has 19 heavy (non-hydrogen) atoms. The molecule has 2 rings (SSSR count). The van der Waals surface area contributed by atoms with Crippen molar-refractivity contribution in [2.45, 2.75) is 12.8 Å². The van der Waals surface area contributed by atoms with E-state index in [1.165, 1.54) is 21.3 Å². The number of rotatable bonds is 5. The summed E-state index contributed by atoms with van der Waals surface area (Å²) >= 11 is 0. The zero-order valence-electron chi connectivity index (χ0n) is 11.1. The van der Waals surface area contributed by atoms with Crippen LogP contribution >= 0.6 is 0 Å². The fourth-order valence-corrected chi connectivity index (χ4v) is 1.98.